The van der Waals surface area contributed by atoms with Crippen molar-refractivity contribution in [1.29, 1.82) is 0 Å². The van der Waals surface area contributed by atoms with Crippen LogP contribution < -0.4 is 4.74 Å². The summed E-state index contributed by atoms with van der Waals surface area (Å²) in [5.74, 6) is 1.92. The van der Waals surface area contributed by atoms with Gasteiger partial charge in [-0.1, -0.05) is 36.4 Å². The van der Waals surface area contributed by atoms with Gasteiger partial charge in [-0.2, -0.15) is 0 Å². The lowest BCUT2D eigenvalue weighted by Gasteiger charge is -2.38. The number of benzene rings is 2. The van der Waals surface area contributed by atoms with Gasteiger partial charge in [-0.3, -0.25) is 0 Å². The molecule has 1 aliphatic heterocycles. The number of methoxy groups -OCH3 is 1. The number of rotatable bonds is 4. The zero-order valence-corrected chi connectivity index (χ0v) is 15.6. The van der Waals surface area contributed by atoms with Gasteiger partial charge in [0.2, 0.25) is 0 Å². The zero-order chi connectivity index (χ0) is 17.9. The van der Waals surface area contributed by atoms with E-state index in [2.05, 4.69) is 41.3 Å². The topological polar surface area (TPSA) is 32.7 Å². The molecule has 2 aromatic carbocycles. The molecule has 138 valence electrons. The van der Waals surface area contributed by atoms with Crippen LogP contribution in [0, 0.1) is 5.92 Å². The number of piperidine rings is 1. The minimum Gasteiger partial charge on any atom is -0.497 e. The maximum absolute atomic E-state index is 10.9. The third kappa shape index (κ3) is 3.65. The summed E-state index contributed by atoms with van der Waals surface area (Å²) < 4.78 is 5.32. The fourth-order valence-electron chi connectivity index (χ4n) is 4.66. The van der Waals surface area contributed by atoms with Crippen molar-refractivity contribution in [3.05, 3.63) is 65.2 Å². The SMILES string of the molecule is COc1ccc2c(c1)CCC(CN1CCC(c3ccccc3)CC1)C2O. The van der Waals surface area contributed by atoms with Gasteiger partial charge in [0.05, 0.1) is 13.2 Å². The molecule has 1 saturated heterocycles. The van der Waals surface area contributed by atoms with E-state index >= 15 is 0 Å². The second kappa shape index (κ2) is 7.81. The molecule has 26 heavy (non-hydrogen) atoms. The van der Waals surface area contributed by atoms with Crippen LogP contribution in [0.5, 0.6) is 5.75 Å². The van der Waals surface area contributed by atoms with Crippen LogP contribution in [0.15, 0.2) is 48.5 Å². The number of aryl methyl sites for hydroxylation is 1. The van der Waals surface area contributed by atoms with Crippen LogP contribution in [-0.4, -0.2) is 36.8 Å². The van der Waals surface area contributed by atoms with E-state index in [0.717, 1.165) is 43.8 Å². The normalized spacial score (nSPS) is 24.2. The number of hydrogen-bond donors (Lipinski definition) is 1. The predicted octanol–water partition coefficient (Wildman–Crippen LogP) is 4.17. The number of ether oxygens (including phenoxy) is 1. The van der Waals surface area contributed by atoms with E-state index in [4.69, 9.17) is 4.74 Å². The summed E-state index contributed by atoms with van der Waals surface area (Å²) >= 11 is 0. The van der Waals surface area contributed by atoms with Crippen LogP contribution in [0.3, 0.4) is 0 Å². The minimum absolute atomic E-state index is 0.337. The molecular formula is C23H29NO2. The van der Waals surface area contributed by atoms with Crippen molar-refractivity contribution in [2.45, 2.75) is 37.7 Å². The fraction of sp³-hybridized carbons (Fsp3) is 0.478. The summed E-state index contributed by atoms with van der Waals surface area (Å²) in [6.07, 6.45) is 4.19. The van der Waals surface area contributed by atoms with E-state index < -0.39 is 0 Å². The van der Waals surface area contributed by atoms with Crippen LogP contribution in [0.4, 0.5) is 0 Å². The zero-order valence-electron chi connectivity index (χ0n) is 15.6. The second-order valence-corrected chi connectivity index (χ2v) is 7.79. The first-order valence-electron chi connectivity index (χ1n) is 9.87. The molecule has 0 saturated carbocycles. The lowest BCUT2D eigenvalue weighted by Crippen LogP contribution is -2.39. The monoisotopic (exact) mass is 351 g/mol. The molecule has 2 unspecified atom stereocenters. The van der Waals surface area contributed by atoms with E-state index in [9.17, 15) is 5.11 Å². The van der Waals surface area contributed by atoms with E-state index in [1.807, 2.05) is 12.1 Å². The Balaban J connectivity index is 1.35. The number of likely N-dealkylation sites (tertiary alicyclic amines) is 1. The third-order valence-corrected chi connectivity index (χ3v) is 6.25. The first-order valence-corrected chi connectivity index (χ1v) is 9.87. The lowest BCUT2D eigenvalue weighted by atomic mass is 9.80. The van der Waals surface area contributed by atoms with E-state index in [0.29, 0.717) is 11.8 Å². The second-order valence-electron chi connectivity index (χ2n) is 7.79. The average molecular weight is 351 g/mol. The van der Waals surface area contributed by atoms with Crippen molar-refractivity contribution in [2.75, 3.05) is 26.7 Å². The molecule has 1 fully saturated rings. The standard InChI is InChI=1S/C23H29NO2/c1-26-21-9-10-22-19(15-21)7-8-20(23(22)25)16-24-13-11-18(12-14-24)17-5-3-2-4-6-17/h2-6,9-10,15,18,20,23,25H,7-8,11-14,16H2,1H3. The molecule has 0 radical (unpaired) electrons. The Labute approximate surface area is 156 Å². The van der Waals surface area contributed by atoms with E-state index in [-0.39, 0.29) is 6.10 Å². The summed E-state index contributed by atoms with van der Waals surface area (Å²) in [5, 5.41) is 10.9. The molecule has 4 rings (SSSR count). The van der Waals surface area contributed by atoms with Crippen molar-refractivity contribution in [3.63, 3.8) is 0 Å². The molecule has 2 aliphatic rings. The molecule has 0 bridgehead atoms. The van der Waals surface area contributed by atoms with Crippen LogP contribution in [-0.2, 0) is 6.42 Å². The molecule has 3 nitrogen and oxygen atoms in total. The number of aliphatic hydroxyl groups excluding tert-OH is 1. The molecule has 3 heteroatoms. The average Bonchev–Trinajstić information content (AvgIpc) is 2.71. The van der Waals surface area contributed by atoms with Gasteiger partial charge in [0.25, 0.3) is 0 Å². The highest BCUT2D eigenvalue weighted by atomic mass is 16.5. The Hall–Kier alpha value is -1.84. The van der Waals surface area contributed by atoms with Crippen LogP contribution in [0.25, 0.3) is 0 Å². The summed E-state index contributed by atoms with van der Waals surface area (Å²) in [6.45, 7) is 3.28. The van der Waals surface area contributed by atoms with Crippen molar-refractivity contribution in [3.8, 4) is 5.75 Å². The quantitative estimate of drug-likeness (QED) is 0.897. The van der Waals surface area contributed by atoms with Gasteiger partial charge in [0, 0.05) is 12.5 Å². The van der Waals surface area contributed by atoms with Gasteiger partial charge in [0.1, 0.15) is 5.75 Å². The summed E-state index contributed by atoms with van der Waals surface area (Å²) in [4.78, 5) is 2.56. The highest BCUT2D eigenvalue weighted by Crippen LogP contribution is 2.37. The number of hydrogen-bond acceptors (Lipinski definition) is 3. The van der Waals surface area contributed by atoms with Gasteiger partial charge in [-0.25, -0.2) is 0 Å². The molecule has 0 amide bonds. The van der Waals surface area contributed by atoms with Gasteiger partial charge in [0.15, 0.2) is 0 Å². The van der Waals surface area contributed by atoms with Gasteiger partial charge < -0.3 is 14.7 Å². The van der Waals surface area contributed by atoms with Gasteiger partial charge in [-0.15, -0.1) is 0 Å². The molecule has 0 aromatic heterocycles. The Morgan fingerprint density at radius 2 is 1.81 bits per heavy atom. The van der Waals surface area contributed by atoms with Crippen molar-refractivity contribution in [1.82, 2.24) is 4.90 Å². The highest BCUT2D eigenvalue weighted by Gasteiger charge is 2.31. The molecule has 0 spiro atoms. The molecule has 2 atom stereocenters. The van der Waals surface area contributed by atoms with Crippen LogP contribution >= 0.6 is 0 Å². The van der Waals surface area contributed by atoms with Gasteiger partial charge in [-0.05, 0) is 73.5 Å². The maximum atomic E-state index is 10.9. The Morgan fingerprint density at radius 1 is 1.04 bits per heavy atom. The Kier molecular flexibility index (Phi) is 5.28. The fourth-order valence-corrected chi connectivity index (χ4v) is 4.66. The molecule has 1 heterocycles. The third-order valence-electron chi connectivity index (χ3n) is 6.25. The first-order chi connectivity index (χ1) is 12.7. The van der Waals surface area contributed by atoms with Crippen LogP contribution in [0.1, 0.15) is 48.0 Å². The summed E-state index contributed by atoms with van der Waals surface area (Å²) in [5.41, 5.74) is 3.82. The Bertz CT molecular complexity index is 722. The Morgan fingerprint density at radius 3 is 2.54 bits per heavy atom. The maximum Gasteiger partial charge on any atom is 0.119 e. The first kappa shape index (κ1) is 17.6. The van der Waals surface area contributed by atoms with Crippen molar-refractivity contribution < 1.29 is 9.84 Å². The largest absolute Gasteiger partial charge is 0.497 e. The van der Waals surface area contributed by atoms with Gasteiger partial charge >= 0.3 is 0 Å². The molecule has 1 aliphatic carbocycles. The lowest BCUT2D eigenvalue weighted by molar-refractivity contribution is 0.0587. The predicted molar refractivity (Wildman–Crippen MR) is 105 cm³/mol. The van der Waals surface area contributed by atoms with Crippen molar-refractivity contribution in [2.24, 2.45) is 5.92 Å². The molecule has 2 aromatic rings. The summed E-state index contributed by atoms with van der Waals surface area (Å²) in [6, 6.07) is 17.0. The highest BCUT2D eigenvalue weighted by molar-refractivity contribution is 5.38. The smallest absolute Gasteiger partial charge is 0.119 e. The minimum atomic E-state index is -0.350. The van der Waals surface area contributed by atoms with E-state index in [1.165, 1.54) is 24.0 Å². The number of fused-ring (bicyclic) bond motifs is 1. The van der Waals surface area contributed by atoms with Crippen molar-refractivity contribution >= 4 is 0 Å². The summed E-state index contributed by atoms with van der Waals surface area (Å²) in [7, 11) is 1.70. The van der Waals surface area contributed by atoms with E-state index in [1.54, 1.807) is 7.11 Å². The molecular weight excluding hydrogens is 322 g/mol. The number of nitrogens with zero attached hydrogens (tertiary/aromatic N) is 1. The molecule has 1 N–H and O–H groups in total. The number of aliphatic hydroxyl groups is 1. The van der Waals surface area contributed by atoms with Crippen LogP contribution in [0.2, 0.25) is 0 Å².